The van der Waals surface area contributed by atoms with E-state index in [1.807, 2.05) is 31.2 Å². The highest BCUT2D eigenvalue weighted by Gasteiger charge is 1.97. The molecule has 2 aromatic rings. The van der Waals surface area contributed by atoms with E-state index in [4.69, 9.17) is 4.42 Å². The van der Waals surface area contributed by atoms with Crippen LogP contribution in [-0.2, 0) is 4.79 Å². The molecule has 0 saturated carbocycles. The molecule has 1 aromatic carbocycles. The zero-order valence-corrected chi connectivity index (χ0v) is 8.78. The summed E-state index contributed by atoms with van der Waals surface area (Å²) in [6.45, 7) is 2.02. The number of furan rings is 1. The minimum atomic E-state index is 0.174. The van der Waals surface area contributed by atoms with Crippen LogP contribution in [0.15, 0.2) is 40.8 Å². The molecular formula is C14H9O2. The van der Waals surface area contributed by atoms with E-state index in [9.17, 15) is 4.79 Å². The van der Waals surface area contributed by atoms with E-state index in [2.05, 4.69) is 11.8 Å². The van der Waals surface area contributed by atoms with Gasteiger partial charge in [0, 0.05) is 5.56 Å². The van der Waals surface area contributed by atoms with Gasteiger partial charge in [-0.3, -0.25) is 4.79 Å². The zero-order chi connectivity index (χ0) is 11.4. The fourth-order valence-electron chi connectivity index (χ4n) is 1.23. The predicted octanol–water partition coefficient (Wildman–Crippen LogP) is 2.45. The fraction of sp³-hybridized carbons (Fsp3) is 0.0714. The Morgan fingerprint density at radius 2 is 1.62 bits per heavy atom. The van der Waals surface area contributed by atoms with E-state index >= 15 is 0 Å². The Morgan fingerprint density at radius 3 is 2.25 bits per heavy atom. The highest BCUT2D eigenvalue weighted by molar-refractivity contribution is 5.71. The molecule has 0 saturated heterocycles. The van der Waals surface area contributed by atoms with Crippen LogP contribution in [0, 0.1) is 18.8 Å². The molecule has 2 rings (SSSR count). The minimum absolute atomic E-state index is 0.174. The third kappa shape index (κ3) is 2.40. The molecule has 0 bridgehead atoms. The highest BCUT2D eigenvalue weighted by atomic mass is 16.3. The van der Waals surface area contributed by atoms with E-state index in [0.29, 0.717) is 5.76 Å². The molecule has 2 nitrogen and oxygen atoms in total. The number of hydrogen-bond acceptors (Lipinski definition) is 2. The molecule has 16 heavy (non-hydrogen) atoms. The Hall–Kier alpha value is -2.27. The van der Waals surface area contributed by atoms with Gasteiger partial charge in [-0.05, 0) is 37.1 Å². The fourth-order valence-corrected chi connectivity index (χ4v) is 1.23. The normalized spacial score (nSPS) is 9.31. The average Bonchev–Trinajstić information content (AvgIpc) is 2.76. The molecule has 1 heterocycles. The Kier molecular flexibility index (Phi) is 2.88. The number of rotatable bonds is 1. The molecule has 0 amide bonds. The molecule has 77 valence electrons. The van der Waals surface area contributed by atoms with Crippen molar-refractivity contribution < 1.29 is 9.21 Å². The molecule has 0 aliphatic heterocycles. The van der Waals surface area contributed by atoms with Crippen LogP contribution in [0.5, 0.6) is 0 Å². The maximum absolute atomic E-state index is 10.3. The summed E-state index contributed by atoms with van der Waals surface area (Å²) in [5.41, 5.74) is 2.11. The van der Waals surface area contributed by atoms with Crippen LogP contribution in [0.3, 0.4) is 0 Å². The Labute approximate surface area is 93.9 Å². The number of carbonyl (C=O) groups excluding carboxylic acids is 1. The molecule has 0 aliphatic carbocycles. The topological polar surface area (TPSA) is 30.2 Å². The van der Waals surface area contributed by atoms with Crippen LogP contribution in [0.2, 0.25) is 0 Å². The standard InChI is InChI=1S/C14H9O2/c1-11-2-4-12(5-3-11)6-7-13-8-9-14(10-15)16-13/h2-5,8-9H,1H3. The maximum atomic E-state index is 10.3. The van der Waals surface area contributed by atoms with Crippen LogP contribution in [0.25, 0.3) is 0 Å². The van der Waals surface area contributed by atoms with Gasteiger partial charge in [0.1, 0.15) is 0 Å². The molecular weight excluding hydrogens is 200 g/mol. The van der Waals surface area contributed by atoms with Crippen molar-refractivity contribution in [1.29, 1.82) is 0 Å². The molecule has 1 radical (unpaired) electrons. The van der Waals surface area contributed by atoms with Gasteiger partial charge >= 0.3 is 0 Å². The van der Waals surface area contributed by atoms with Gasteiger partial charge in [0.05, 0.1) is 0 Å². The van der Waals surface area contributed by atoms with Gasteiger partial charge in [-0.15, -0.1) is 0 Å². The van der Waals surface area contributed by atoms with Gasteiger partial charge in [0.15, 0.2) is 11.5 Å². The van der Waals surface area contributed by atoms with Crippen molar-refractivity contribution in [2.75, 3.05) is 0 Å². The van der Waals surface area contributed by atoms with Gasteiger partial charge in [0.25, 0.3) is 6.29 Å². The first-order valence-electron chi connectivity index (χ1n) is 4.84. The van der Waals surface area contributed by atoms with Crippen molar-refractivity contribution in [3.8, 4) is 11.8 Å². The lowest BCUT2D eigenvalue weighted by Crippen LogP contribution is -1.75. The van der Waals surface area contributed by atoms with E-state index in [1.54, 1.807) is 18.4 Å². The zero-order valence-electron chi connectivity index (χ0n) is 8.78. The molecule has 0 N–H and O–H groups in total. The molecule has 0 spiro atoms. The smallest absolute Gasteiger partial charge is 0.271 e. The Balaban J connectivity index is 2.21. The van der Waals surface area contributed by atoms with Crippen LogP contribution >= 0.6 is 0 Å². The first-order chi connectivity index (χ1) is 7.78. The summed E-state index contributed by atoms with van der Waals surface area (Å²) >= 11 is 0. The first kappa shape index (κ1) is 10.3. The third-order valence-corrected chi connectivity index (χ3v) is 2.09. The summed E-state index contributed by atoms with van der Waals surface area (Å²) in [5, 5.41) is 0. The predicted molar refractivity (Wildman–Crippen MR) is 60.7 cm³/mol. The maximum Gasteiger partial charge on any atom is 0.271 e. The van der Waals surface area contributed by atoms with Gasteiger partial charge in [-0.25, -0.2) is 0 Å². The summed E-state index contributed by atoms with van der Waals surface area (Å²) in [4.78, 5) is 10.3. The second kappa shape index (κ2) is 4.50. The van der Waals surface area contributed by atoms with Crippen LogP contribution in [0.1, 0.15) is 22.6 Å². The van der Waals surface area contributed by atoms with Crippen molar-refractivity contribution in [3.63, 3.8) is 0 Å². The van der Waals surface area contributed by atoms with Crippen LogP contribution in [0.4, 0.5) is 0 Å². The van der Waals surface area contributed by atoms with Crippen molar-refractivity contribution in [2.24, 2.45) is 0 Å². The number of hydrogen-bond donors (Lipinski definition) is 0. The van der Waals surface area contributed by atoms with Gasteiger partial charge < -0.3 is 4.42 Å². The second-order valence-corrected chi connectivity index (χ2v) is 3.38. The second-order valence-electron chi connectivity index (χ2n) is 3.38. The largest absolute Gasteiger partial charge is 0.444 e. The van der Waals surface area contributed by atoms with E-state index < -0.39 is 0 Å². The Bertz CT molecular complexity index is 550. The third-order valence-electron chi connectivity index (χ3n) is 2.09. The van der Waals surface area contributed by atoms with E-state index in [1.165, 1.54) is 5.56 Å². The molecule has 2 heteroatoms. The molecule has 0 unspecified atom stereocenters. The van der Waals surface area contributed by atoms with Gasteiger partial charge in [-0.1, -0.05) is 23.6 Å². The number of aryl methyl sites for hydroxylation is 1. The average molecular weight is 209 g/mol. The van der Waals surface area contributed by atoms with E-state index in [0.717, 1.165) is 5.56 Å². The van der Waals surface area contributed by atoms with Crippen molar-refractivity contribution in [3.05, 3.63) is 59.0 Å². The van der Waals surface area contributed by atoms with Crippen molar-refractivity contribution in [2.45, 2.75) is 6.92 Å². The van der Waals surface area contributed by atoms with Crippen molar-refractivity contribution in [1.82, 2.24) is 0 Å². The molecule has 0 aliphatic rings. The van der Waals surface area contributed by atoms with Gasteiger partial charge in [0.2, 0.25) is 0 Å². The summed E-state index contributed by atoms with van der Waals surface area (Å²) in [6, 6.07) is 11.1. The first-order valence-corrected chi connectivity index (χ1v) is 4.84. The summed E-state index contributed by atoms with van der Waals surface area (Å²) in [7, 11) is 0. The lowest BCUT2D eigenvalue weighted by Gasteiger charge is -1.90. The highest BCUT2D eigenvalue weighted by Crippen LogP contribution is 2.05. The number of benzene rings is 1. The molecule has 0 atom stereocenters. The van der Waals surface area contributed by atoms with Crippen LogP contribution in [-0.4, -0.2) is 6.29 Å². The minimum Gasteiger partial charge on any atom is -0.444 e. The summed E-state index contributed by atoms with van der Waals surface area (Å²) in [5.74, 6) is 6.44. The lowest BCUT2D eigenvalue weighted by atomic mass is 10.1. The van der Waals surface area contributed by atoms with Gasteiger partial charge in [-0.2, -0.15) is 0 Å². The molecule has 0 fully saturated rings. The van der Waals surface area contributed by atoms with E-state index in [-0.39, 0.29) is 5.76 Å². The Morgan fingerprint density at radius 1 is 0.938 bits per heavy atom. The van der Waals surface area contributed by atoms with Crippen LogP contribution < -0.4 is 0 Å². The quantitative estimate of drug-likeness (QED) is 0.675. The SMILES string of the molecule is Cc1ccc(C#Cc2ccc([C]=O)o2)cc1. The van der Waals surface area contributed by atoms with Crippen molar-refractivity contribution >= 4 is 6.29 Å². The summed E-state index contributed by atoms with van der Waals surface area (Å²) in [6.07, 6.45) is 1.67. The lowest BCUT2D eigenvalue weighted by molar-refractivity contribution is 0.512. The molecule has 1 aromatic heterocycles. The monoisotopic (exact) mass is 209 g/mol. The summed E-state index contributed by atoms with van der Waals surface area (Å²) < 4.78 is 5.08.